The maximum absolute atomic E-state index is 12.3. The Morgan fingerprint density at radius 3 is 2.92 bits per heavy atom. The van der Waals surface area contributed by atoms with Crippen molar-refractivity contribution < 1.29 is 0 Å². The number of para-hydroxylation sites is 1. The summed E-state index contributed by atoms with van der Waals surface area (Å²) in [5.41, 5.74) is 1.60. The Bertz CT molecular complexity index is 1040. The monoisotopic (exact) mass is 336 g/mol. The first kappa shape index (κ1) is 15.8. The summed E-state index contributed by atoms with van der Waals surface area (Å²) in [5, 5.41) is 0.613. The lowest BCUT2D eigenvalue weighted by Gasteiger charge is -2.23. The molecule has 6 nitrogen and oxygen atoms in total. The molecule has 2 aromatic heterocycles. The second-order valence-electron chi connectivity index (χ2n) is 6.58. The molecule has 25 heavy (non-hydrogen) atoms. The van der Waals surface area contributed by atoms with Gasteiger partial charge in [0.15, 0.2) is 0 Å². The molecule has 128 valence electrons. The molecular formula is C19H20N4O2. The van der Waals surface area contributed by atoms with Crippen LogP contribution in [0.3, 0.4) is 0 Å². The third-order valence-corrected chi connectivity index (χ3v) is 4.86. The SMILES string of the molecule is Cn1ccc(CN2CCCC2c2nc3ccccc3c(=O)[nH]2)cc1=O. The molecule has 1 aliphatic heterocycles. The Kier molecular flexibility index (Phi) is 3.97. The van der Waals surface area contributed by atoms with Crippen molar-refractivity contribution >= 4 is 10.9 Å². The minimum absolute atomic E-state index is 0.00881. The molecule has 0 aliphatic carbocycles. The normalized spacial score (nSPS) is 18.0. The van der Waals surface area contributed by atoms with Gasteiger partial charge in [0.2, 0.25) is 0 Å². The van der Waals surface area contributed by atoms with Gasteiger partial charge in [-0.05, 0) is 43.1 Å². The van der Waals surface area contributed by atoms with Gasteiger partial charge in [0.25, 0.3) is 11.1 Å². The molecular weight excluding hydrogens is 316 g/mol. The number of aryl methyl sites for hydroxylation is 1. The number of hydrogen-bond acceptors (Lipinski definition) is 4. The van der Waals surface area contributed by atoms with E-state index in [-0.39, 0.29) is 17.2 Å². The number of nitrogens with one attached hydrogen (secondary N) is 1. The zero-order valence-electron chi connectivity index (χ0n) is 14.1. The van der Waals surface area contributed by atoms with Crippen LogP contribution in [0, 0.1) is 0 Å². The predicted octanol–water partition coefficient (Wildman–Crippen LogP) is 1.96. The molecule has 1 atom stereocenters. The first-order chi connectivity index (χ1) is 12.1. The summed E-state index contributed by atoms with van der Waals surface area (Å²) in [4.78, 5) is 34.1. The molecule has 3 aromatic rings. The van der Waals surface area contributed by atoms with Crippen LogP contribution < -0.4 is 11.1 Å². The molecule has 0 amide bonds. The summed E-state index contributed by atoms with van der Waals surface area (Å²) in [6.07, 6.45) is 3.79. The lowest BCUT2D eigenvalue weighted by atomic mass is 10.1. The van der Waals surface area contributed by atoms with Crippen LogP contribution in [-0.4, -0.2) is 26.0 Å². The third kappa shape index (κ3) is 3.00. The quantitative estimate of drug-likeness (QED) is 0.794. The van der Waals surface area contributed by atoms with E-state index in [1.165, 1.54) is 0 Å². The first-order valence-corrected chi connectivity index (χ1v) is 8.50. The van der Waals surface area contributed by atoms with Gasteiger partial charge in [-0.2, -0.15) is 0 Å². The van der Waals surface area contributed by atoms with Crippen LogP contribution in [0.4, 0.5) is 0 Å². The van der Waals surface area contributed by atoms with Gasteiger partial charge in [0, 0.05) is 25.9 Å². The van der Waals surface area contributed by atoms with Crippen LogP contribution >= 0.6 is 0 Å². The molecule has 1 N–H and O–H groups in total. The number of rotatable bonds is 3. The molecule has 1 unspecified atom stereocenters. The van der Waals surface area contributed by atoms with Gasteiger partial charge < -0.3 is 9.55 Å². The number of likely N-dealkylation sites (tertiary alicyclic amines) is 1. The minimum atomic E-state index is -0.0963. The van der Waals surface area contributed by atoms with E-state index in [0.717, 1.165) is 30.5 Å². The summed E-state index contributed by atoms with van der Waals surface area (Å²) >= 11 is 0. The van der Waals surface area contributed by atoms with Crippen LogP contribution in [0.15, 0.2) is 52.2 Å². The van der Waals surface area contributed by atoms with Crippen molar-refractivity contribution in [1.29, 1.82) is 0 Å². The third-order valence-electron chi connectivity index (χ3n) is 4.86. The predicted molar refractivity (Wildman–Crippen MR) is 96.4 cm³/mol. The van der Waals surface area contributed by atoms with Gasteiger partial charge in [-0.25, -0.2) is 4.98 Å². The molecule has 4 rings (SSSR count). The number of hydrogen-bond donors (Lipinski definition) is 1. The molecule has 0 saturated carbocycles. The van der Waals surface area contributed by atoms with Crippen LogP contribution in [-0.2, 0) is 13.6 Å². The van der Waals surface area contributed by atoms with Crippen molar-refractivity contribution in [1.82, 2.24) is 19.4 Å². The van der Waals surface area contributed by atoms with E-state index >= 15 is 0 Å². The van der Waals surface area contributed by atoms with Gasteiger partial charge in [0.05, 0.1) is 16.9 Å². The second kappa shape index (κ2) is 6.29. The van der Waals surface area contributed by atoms with E-state index in [0.29, 0.717) is 17.8 Å². The Labute approximate surface area is 144 Å². The standard InChI is InChI=1S/C19H20N4O2/c1-22-10-8-13(11-17(22)24)12-23-9-4-7-16(23)18-20-15-6-3-2-5-14(15)19(25)21-18/h2-3,5-6,8,10-11,16H,4,7,9,12H2,1H3,(H,20,21,25). The molecule has 1 aromatic carbocycles. The smallest absolute Gasteiger partial charge is 0.258 e. The summed E-state index contributed by atoms with van der Waals surface area (Å²) in [6.45, 7) is 1.60. The maximum atomic E-state index is 12.3. The number of benzene rings is 1. The van der Waals surface area contributed by atoms with Gasteiger partial charge >= 0.3 is 0 Å². The highest BCUT2D eigenvalue weighted by molar-refractivity contribution is 5.77. The Balaban J connectivity index is 1.66. The average molecular weight is 336 g/mol. The fraction of sp³-hybridized carbons (Fsp3) is 0.316. The molecule has 0 spiro atoms. The van der Waals surface area contributed by atoms with Gasteiger partial charge in [0.1, 0.15) is 5.82 Å². The molecule has 1 saturated heterocycles. The van der Waals surface area contributed by atoms with Gasteiger partial charge in [-0.15, -0.1) is 0 Å². The van der Waals surface area contributed by atoms with Crippen molar-refractivity contribution in [2.75, 3.05) is 6.54 Å². The van der Waals surface area contributed by atoms with Crippen LogP contribution in [0.2, 0.25) is 0 Å². The van der Waals surface area contributed by atoms with Gasteiger partial charge in [-0.3, -0.25) is 14.5 Å². The number of aromatic nitrogens is 3. The number of nitrogens with zero attached hydrogens (tertiary/aromatic N) is 3. The molecule has 3 heterocycles. The van der Waals surface area contributed by atoms with Crippen molar-refractivity contribution in [2.24, 2.45) is 7.05 Å². The zero-order chi connectivity index (χ0) is 17.4. The fourth-order valence-corrected chi connectivity index (χ4v) is 3.51. The first-order valence-electron chi connectivity index (χ1n) is 8.50. The topological polar surface area (TPSA) is 71.0 Å². The minimum Gasteiger partial charge on any atom is -0.319 e. The molecule has 1 aliphatic rings. The molecule has 0 bridgehead atoms. The highest BCUT2D eigenvalue weighted by Gasteiger charge is 2.28. The van der Waals surface area contributed by atoms with E-state index in [1.807, 2.05) is 24.3 Å². The summed E-state index contributed by atoms with van der Waals surface area (Å²) in [7, 11) is 1.74. The van der Waals surface area contributed by atoms with Gasteiger partial charge in [-0.1, -0.05) is 12.1 Å². The lowest BCUT2D eigenvalue weighted by molar-refractivity contribution is 0.239. The summed E-state index contributed by atoms with van der Waals surface area (Å²) in [6, 6.07) is 11.1. The van der Waals surface area contributed by atoms with Crippen molar-refractivity contribution in [3.8, 4) is 0 Å². The second-order valence-corrected chi connectivity index (χ2v) is 6.58. The summed E-state index contributed by atoms with van der Waals surface area (Å²) in [5.74, 6) is 0.713. The highest BCUT2D eigenvalue weighted by atomic mass is 16.1. The maximum Gasteiger partial charge on any atom is 0.258 e. The van der Waals surface area contributed by atoms with E-state index in [9.17, 15) is 9.59 Å². The number of aromatic amines is 1. The van der Waals surface area contributed by atoms with E-state index in [1.54, 1.807) is 29.9 Å². The van der Waals surface area contributed by atoms with E-state index in [4.69, 9.17) is 0 Å². The Morgan fingerprint density at radius 1 is 1.24 bits per heavy atom. The van der Waals surface area contributed by atoms with Crippen molar-refractivity contribution in [2.45, 2.75) is 25.4 Å². The van der Waals surface area contributed by atoms with Crippen LogP contribution in [0.5, 0.6) is 0 Å². The fourth-order valence-electron chi connectivity index (χ4n) is 3.51. The number of fused-ring (bicyclic) bond motifs is 1. The zero-order valence-corrected chi connectivity index (χ0v) is 14.1. The van der Waals surface area contributed by atoms with E-state index in [2.05, 4.69) is 14.9 Å². The summed E-state index contributed by atoms with van der Waals surface area (Å²) < 4.78 is 1.56. The average Bonchev–Trinajstić information content (AvgIpc) is 3.06. The molecule has 1 fully saturated rings. The molecule has 0 radical (unpaired) electrons. The van der Waals surface area contributed by atoms with E-state index < -0.39 is 0 Å². The Morgan fingerprint density at radius 2 is 2.08 bits per heavy atom. The highest BCUT2D eigenvalue weighted by Crippen LogP contribution is 2.31. The van der Waals surface area contributed by atoms with Crippen molar-refractivity contribution in [3.63, 3.8) is 0 Å². The number of H-pyrrole nitrogens is 1. The Hall–Kier alpha value is -2.73. The van der Waals surface area contributed by atoms with Crippen molar-refractivity contribution in [3.05, 3.63) is 74.7 Å². The lowest BCUT2D eigenvalue weighted by Crippen LogP contribution is -2.27. The van der Waals surface area contributed by atoms with Crippen LogP contribution in [0.1, 0.15) is 30.3 Å². The number of pyridine rings is 1. The largest absolute Gasteiger partial charge is 0.319 e. The van der Waals surface area contributed by atoms with Crippen LogP contribution in [0.25, 0.3) is 10.9 Å². The molecule has 6 heteroatoms.